The highest BCUT2D eigenvalue weighted by molar-refractivity contribution is 5.91. The maximum atomic E-state index is 5.39. The molecule has 0 unspecified atom stereocenters. The molecule has 0 aliphatic heterocycles. The van der Waals surface area contributed by atoms with E-state index in [2.05, 4.69) is 28.5 Å². The lowest BCUT2D eigenvalue weighted by Gasteiger charge is -2.13. The molecule has 0 saturated heterocycles. The Hall–Kier alpha value is -2.55. The summed E-state index contributed by atoms with van der Waals surface area (Å²) in [6.07, 6.45) is 0. The van der Waals surface area contributed by atoms with Crippen LogP contribution in [0.5, 0.6) is 5.75 Å². The molecule has 3 rings (SSSR count). The van der Waals surface area contributed by atoms with E-state index in [0.717, 1.165) is 40.1 Å². The van der Waals surface area contributed by atoms with E-state index in [0.29, 0.717) is 0 Å². The lowest BCUT2D eigenvalue weighted by Crippen LogP contribution is -2.03. The maximum absolute atomic E-state index is 5.39. The van der Waals surface area contributed by atoms with E-state index in [1.807, 2.05) is 43.3 Å². The zero-order chi connectivity index (χ0) is 14.7. The van der Waals surface area contributed by atoms with Gasteiger partial charge in [-0.3, -0.25) is 4.98 Å². The summed E-state index contributed by atoms with van der Waals surface area (Å²) in [7, 11) is 1.70. The molecule has 0 atom stereocenters. The number of para-hydroxylation sites is 2. The van der Waals surface area contributed by atoms with Gasteiger partial charge in [0.1, 0.15) is 5.75 Å². The zero-order valence-electron chi connectivity index (χ0n) is 12.3. The molecule has 3 heteroatoms. The van der Waals surface area contributed by atoms with Crippen molar-refractivity contribution in [3.63, 3.8) is 0 Å². The molecule has 0 spiro atoms. The summed E-state index contributed by atoms with van der Waals surface area (Å²) in [5.74, 6) is 0.903. The second-order valence-corrected chi connectivity index (χ2v) is 4.99. The number of hydrogen-bond acceptors (Lipinski definition) is 3. The Bertz CT molecular complexity index is 768. The van der Waals surface area contributed by atoms with Crippen molar-refractivity contribution in [2.45, 2.75) is 13.5 Å². The minimum atomic E-state index is 0.720. The minimum absolute atomic E-state index is 0.720. The first-order valence-corrected chi connectivity index (χ1v) is 7.00. The number of hydrogen-bond donors (Lipinski definition) is 1. The van der Waals surface area contributed by atoms with Crippen molar-refractivity contribution < 1.29 is 4.74 Å². The van der Waals surface area contributed by atoms with Crippen molar-refractivity contribution >= 4 is 16.6 Å². The summed E-state index contributed by atoms with van der Waals surface area (Å²) < 4.78 is 5.39. The van der Waals surface area contributed by atoms with E-state index in [1.165, 1.54) is 0 Å². The van der Waals surface area contributed by atoms with E-state index in [9.17, 15) is 0 Å². The first kappa shape index (κ1) is 13.4. The fraction of sp³-hybridized carbons (Fsp3) is 0.167. The third-order valence-corrected chi connectivity index (χ3v) is 3.51. The van der Waals surface area contributed by atoms with Crippen molar-refractivity contribution in [3.05, 3.63) is 65.9 Å². The van der Waals surface area contributed by atoms with Crippen molar-refractivity contribution in [2.24, 2.45) is 0 Å². The number of nitrogens with one attached hydrogen (secondary N) is 1. The smallest absolute Gasteiger partial charge is 0.123 e. The Kier molecular flexibility index (Phi) is 3.73. The second kappa shape index (κ2) is 5.83. The largest absolute Gasteiger partial charge is 0.496 e. The second-order valence-electron chi connectivity index (χ2n) is 4.99. The van der Waals surface area contributed by atoms with Gasteiger partial charge in [0.25, 0.3) is 0 Å². The number of nitrogens with zero attached hydrogens (tertiary/aromatic N) is 1. The molecule has 0 aliphatic rings. The molecule has 0 radical (unpaired) electrons. The Labute approximate surface area is 124 Å². The molecule has 106 valence electrons. The summed E-state index contributed by atoms with van der Waals surface area (Å²) in [6.45, 7) is 2.73. The molecule has 0 fully saturated rings. The summed E-state index contributed by atoms with van der Waals surface area (Å²) in [6, 6.07) is 18.3. The molecule has 1 N–H and O–H groups in total. The summed E-state index contributed by atoms with van der Waals surface area (Å²) in [5.41, 5.74) is 4.26. The Balaban J connectivity index is 1.92. The van der Waals surface area contributed by atoms with E-state index >= 15 is 0 Å². The van der Waals surface area contributed by atoms with Crippen molar-refractivity contribution in [3.8, 4) is 5.75 Å². The van der Waals surface area contributed by atoms with Gasteiger partial charge in [-0.05, 0) is 25.1 Å². The average molecular weight is 278 g/mol. The monoisotopic (exact) mass is 278 g/mol. The van der Waals surface area contributed by atoms with Crippen molar-refractivity contribution in [2.75, 3.05) is 12.4 Å². The molecular formula is C18H18N2O. The number of benzene rings is 2. The normalized spacial score (nSPS) is 10.6. The van der Waals surface area contributed by atoms with Gasteiger partial charge in [-0.1, -0.05) is 36.4 Å². The molecule has 1 aromatic heterocycles. The summed E-state index contributed by atoms with van der Waals surface area (Å²) >= 11 is 0. The molecule has 3 nitrogen and oxygen atoms in total. The predicted octanol–water partition coefficient (Wildman–Crippen LogP) is 4.16. The van der Waals surface area contributed by atoms with Gasteiger partial charge in [0.05, 0.1) is 12.6 Å². The van der Waals surface area contributed by atoms with Crippen LogP contribution in [0.25, 0.3) is 10.9 Å². The van der Waals surface area contributed by atoms with E-state index in [4.69, 9.17) is 4.74 Å². The highest BCUT2D eigenvalue weighted by atomic mass is 16.5. The number of methoxy groups -OCH3 is 1. The first-order chi connectivity index (χ1) is 10.3. The molecule has 0 aliphatic carbocycles. The van der Waals surface area contributed by atoms with Crippen LogP contribution in [0, 0.1) is 6.92 Å². The van der Waals surface area contributed by atoms with E-state index in [1.54, 1.807) is 7.11 Å². The number of ether oxygens (including phenoxy) is 1. The first-order valence-electron chi connectivity index (χ1n) is 7.00. The minimum Gasteiger partial charge on any atom is -0.496 e. The number of fused-ring (bicyclic) bond motifs is 1. The van der Waals surface area contributed by atoms with Gasteiger partial charge in [-0.2, -0.15) is 0 Å². The van der Waals surface area contributed by atoms with Gasteiger partial charge >= 0.3 is 0 Å². The maximum Gasteiger partial charge on any atom is 0.123 e. The summed E-state index contributed by atoms with van der Waals surface area (Å²) in [5, 5.41) is 4.64. The molecule has 3 aromatic rings. The van der Waals surface area contributed by atoms with Crippen LogP contribution in [0.1, 0.15) is 11.3 Å². The van der Waals surface area contributed by atoms with Gasteiger partial charge in [-0.25, -0.2) is 0 Å². The quantitative estimate of drug-likeness (QED) is 0.778. The van der Waals surface area contributed by atoms with Crippen LogP contribution >= 0.6 is 0 Å². The zero-order valence-corrected chi connectivity index (χ0v) is 12.3. The van der Waals surface area contributed by atoms with E-state index in [-0.39, 0.29) is 0 Å². The Morgan fingerprint density at radius 3 is 2.67 bits per heavy atom. The molecular weight excluding hydrogens is 260 g/mol. The van der Waals surface area contributed by atoms with Gasteiger partial charge in [-0.15, -0.1) is 0 Å². The number of rotatable bonds is 4. The number of aryl methyl sites for hydroxylation is 1. The van der Waals surface area contributed by atoms with Gasteiger partial charge in [0, 0.05) is 28.9 Å². The fourth-order valence-corrected chi connectivity index (χ4v) is 2.49. The van der Waals surface area contributed by atoms with Gasteiger partial charge < -0.3 is 10.1 Å². The third kappa shape index (κ3) is 2.82. The van der Waals surface area contributed by atoms with Crippen molar-refractivity contribution in [1.29, 1.82) is 0 Å². The molecule has 0 amide bonds. The fourth-order valence-electron chi connectivity index (χ4n) is 2.49. The standard InChI is InChI=1S/C18H18N2O/c1-13-11-17(15-8-4-5-9-16(15)20-13)19-12-14-7-3-6-10-18(14)21-2/h3-11H,12H2,1-2H3,(H,19,20). The Morgan fingerprint density at radius 2 is 1.81 bits per heavy atom. The molecule has 0 saturated carbocycles. The number of pyridine rings is 1. The highest BCUT2D eigenvalue weighted by Gasteiger charge is 2.05. The van der Waals surface area contributed by atoms with Crippen LogP contribution in [0.2, 0.25) is 0 Å². The highest BCUT2D eigenvalue weighted by Crippen LogP contribution is 2.25. The van der Waals surface area contributed by atoms with Crippen LogP contribution < -0.4 is 10.1 Å². The Morgan fingerprint density at radius 1 is 1.05 bits per heavy atom. The SMILES string of the molecule is COc1ccccc1CNc1cc(C)nc2ccccc12. The molecule has 1 heterocycles. The molecule has 21 heavy (non-hydrogen) atoms. The van der Waals surface area contributed by atoms with Gasteiger partial charge in [0.15, 0.2) is 0 Å². The lowest BCUT2D eigenvalue weighted by molar-refractivity contribution is 0.410. The van der Waals surface area contributed by atoms with Crippen LogP contribution in [0.3, 0.4) is 0 Å². The predicted molar refractivity (Wildman–Crippen MR) is 86.8 cm³/mol. The molecule has 2 aromatic carbocycles. The lowest BCUT2D eigenvalue weighted by atomic mass is 10.1. The van der Waals surface area contributed by atoms with Crippen molar-refractivity contribution in [1.82, 2.24) is 4.98 Å². The summed E-state index contributed by atoms with van der Waals surface area (Å²) in [4.78, 5) is 4.56. The van der Waals surface area contributed by atoms with E-state index < -0.39 is 0 Å². The number of anilines is 1. The molecule has 0 bridgehead atoms. The van der Waals surface area contributed by atoms with Crippen LogP contribution in [-0.2, 0) is 6.54 Å². The number of aromatic nitrogens is 1. The van der Waals surface area contributed by atoms with Gasteiger partial charge in [0.2, 0.25) is 0 Å². The van der Waals surface area contributed by atoms with Crippen LogP contribution in [0.4, 0.5) is 5.69 Å². The topological polar surface area (TPSA) is 34.1 Å². The van der Waals surface area contributed by atoms with Crippen LogP contribution in [0.15, 0.2) is 54.6 Å². The average Bonchev–Trinajstić information content (AvgIpc) is 2.52. The third-order valence-electron chi connectivity index (χ3n) is 3.51. The van der Waals surface area contributed by atoms with Crippen LogP contribution in [-0.4, -0.2) is 12.1 Å².